The number of carbonyl (C=O) groups excluding carboxylic acids is 18. The Balaban J connectivity index is 1.48. The SMILES string of the molecule is CC[C@H](C)[C@H](NC(=O)CN)C(=O)N[C@@H](CO)C(=O)N1CCC[C@H]1C(=O)N[C@@H](Cc1ccc(O)cc1)C(=O)N[C@@H](Cc1ccccc1)C(=O)NCC(=O)N[C@@H](Cc1ccc(O)cc1)C(=O)N[C@@H](CO)C(=O)N[C@H](C(=O)N[C@@H](C)C(=O)NCC(=O)N[C@@H](CC(N)=O)C(=O)N[C@@H](CCSC)C(=O)N[C@@H](CC(=O)O)C(=O)N[C@@H](CC(C)C)C(=O)N[C@@H](CC(=O)O)C(=O)N[C@@H](CCCNC(=N)N)C(=O)O)[C@@H](C)CC. The minimum atomic E-state index is -2.04. The number of phenols is 2. The normalized spacial score (nSPS) is 15.6. The number of amides is 18. The zero-order valence-corrected chi connectivity index (χ0v) is 79.1. The van der Waals surface area contributed by atoms with Crippen LogP contribution in [0.4, 0.5) is 0 Å². The van der Waals surface area contributed by atoms with Crippen molar-refractivity contribution in [1.82, 2.24) is 95.3 Å². The second-order valence-corrected chi connectivity index (χ2v) is 34.5. The number of hydrogen-bond donors (Lipinski definition) is 28. The van der Waals surface area contributed by atoms with Crippen molar-refractivity contribution in [1.29, 1.82) is 5.41 Å². The highest BCUT2D eigenvalue weighted by Crippen LogP contribution is 2.22. The van der Waals surface area contributed by atoms with Crippen LogP contribution in [0.3, 0.4) is 0 Å². The Morgan fingerprint density at radius 3 is 1.32 bits per heavy atom. The number of hydrogen-bond acceptors (Lipinski definition) is 28. The number of primary amides is 1. The zero-order valence-electron chi connectivity index (χ0n) is 78.2. The molecule has 139 heavy (non-hydrogen) atoms. The van der Waals surface area contributed by atoms with E-state index in [-0.39, 0.29) is 94.5 Å². The zero-order chi connectivity index (χ0) is 104. The number of thioether (sulfide) groups is 1. The van der Waals surface area contributed by atoms with Gasteiger partial charge in [-0.15, -0.1) is 0 Å². The summed E-state index contributed by atoms with van der Waals surface area (Å²) in [5, 5.41) is 118. The second-order valence-electron chi connectivity index (χ2n) is 33.5. The molecule has 50 nitrogen and oxygen atoms in total. The Labute approximate surface area is 804 Å². The maximum atomic E-state index is 14.8. The van der Waals surface area contributed by atoms with E-state index in [1.165, 1.54) is 55.5 Å². The molecule has 31 N–H and O–H groups in total. The molecule has 18 amide bonds. The Hall–Kier alpha value is -14.4. The highest BCUT2D eigenvalue weighted by atomic mass is 32.2. The average Bonchev–Trinajstić information content (AvgIpc) is 1.70. The molecule has 1 fully saturated rings. The molecule has 1 aliphatic heterocycles. The molecule has 0 unspecified atom stereocenters. The molecule has 0 aliphatic carbocycles. The van der Waals surface area contributed by atoms with Crippen molar-refractivity contribution >= 4 is 142 Å². The molecule has 3 aromatic rings. The van der Waals surface area contributed by atoms with Gasteiger partial charge in [0.25, 0.3) is 0 Å². The van der Waals surface area contributed by atoms with Crippen LogP contribution in [0.1, 0.15) is 136 Å². The summed E-state index contributed by atoms with van der Waals surface area (Å²) in [7, 11) is 0. The number of carbonyl (C=O) groups is 21. The molecular formula is C88H130N22O28S. The number of aliphatic hydroxyl groups excluding tert-OH is 2. The van der Waals surface area contributed by atoms with Crippen molar-refractivity contribution in [3.05, 3.63) is 95.6 Å². The van der Waals surface area contributed by atoms with Crippen LogP contribution in [0.25, 0.3) is 0 Å². The van der Waals surface area contributed by atoms with Gasteiger partial charge in [0.05, 0.1) is 52.1 Å². The van der Waals surface area contributed by atoms with E-state index >= 15 is 0 Å². The van der Waals surface area contributed by atoms with Crippen LogP contribution in [-0.2, 0) is 120 Å². The Bertz CT molecular complexity index is 4770. The minimum Gasteiger partial charge on any atom is -0.508 e. The number of rotatable bonds is 61. The van der Waals surface area contributed by atoms with Gasteiger partial charge in [-0.2, -0.15) is 11.8 Å². The summed E-state index contributed by atoms with van der Waals surface area (Å²) in [6.45, 7) is 6.55. The van der Waals surface area contributed by atoms with E-state index in [0.717, 1.165) is 23.6 Å². The van der Waals surface area contributed by atoms with Crippen LogP contribution in [0, 0.1) is 23.2 Å². The summed E-state index contributed by atoms with van der Waals surface area (Å²) >= 11 is 1.15. The number of carboxylic acids is 3. The summed E-state index contributed by atoms with van der Waals surface area (Å²) in [6, 6.07) is -5.50. The van der Waals surface area contributed by atoms with Crippen LogP contribution in [0.2, 0.25) is 0 Å². The highest BCUT2D eigenvalue weighted by molar-refractivity contribution is 7.98. The van der Waals surface area contributed by atoms with E-state index < -0.39 is 291 Å². The summed E-state index contributed by atoms with van der Waals surface area (Å²) < 4.78 is 0. The monoisotopic (exact) mass is 1970 g/mol. The fourth-order valence-electron chi connectivity index (χ4n) is 14.1. The van der Waals surface area contributed by atoms with Gasteiger partial charge in [0.2, 0.25) is 106 Å². The Morgan fingerprint density at radius 1 is 0.439 bits per heavy atom. The number of aliphatic carboxylic acids is 3. The van der Waals surface area contributed by atoms with Crippen molar-refractivity contribution in [2.75, 3.05) is 57.9 Å². The van der Waals surface area contributed by atoms with Gasteiger partial charge < -0.3 is 148 Å². The van der Waals surface area contributed by atoms with E-state index in [0.29, 0.717) is 23.1 Å². The average molecular weight is 1980 g/mol. The number of aromatic hydroxyl groups is 2. The summed E-state index contributed by atoms with van der Waals surface area (Å²) in [5.41, 5.74) is 17.4. The second kappa shape index (κ2) is 59.6. The third-order valence-corrected chi connectivity index (χ3v) is 22.7. The lowest BCUT2D eigenvalue weighted by atomic mass is 9.97. The van der Waals surface area contributed by atoms with Crippen molar-refractivity contribution in [3.63, 3.8) is 0 Å². The number of guanidine groups is 1. The van der Waals surface area contributed by atoms with Gasteiger partial charge in [0.15, 0.2) is 5.96 Å². The molecule has 1 heterocycles. The first-order chi connectivity index (χ1) is 65.7. The minimum absolute atomic E-state index is 0.0194. The molecule has 17 atom stereocenters. The lowest BCUT2D eigenvalue weighted by Crippen LogP contribution is -2.61. The molecule has 0 spiro atoms. The number of likely N-dealkylation sites (tertiary alicyclic amines) is 1. The van der Waals surface area contributed by atoms with Crippen molar-refractivity contribution in [2.24, 2.45) is 35.0 Å². The van der Waals surface area contributed by atoms with E-state index in [1.807, 2.05) is 0 Å². The van der Waals surface area contributed by atoms with Gasteiger partial charge in [0, 0.05) is 32.4 Å². The van der Waals surface area contributed by atoms with Crippen molar-refractivity contribution < 1.29 is 136 Å². The van der Waals surface area contributed by atoms with E-state index in [4.69, 9.17) is 22.6 Å². The predicted molar refractivity (Wildman–Crippen MR) is 497 cm³/mol. The standard InChI is InChI=1S/C88H130N22O28S/c1-9-45(5)71(108-66(116)39-89)85(135)107-63(43-112)86(136)110-30-15-19-64(110)83(133)105-58(35-50-22-26-52(114)27-23-50)78(128)102-56(33-48-16-12-11-13-17-48)74(124)95-41-68(118)97-57(34-49-20-24-51(113)25-21-49)77(127)106-62(42-111)82(132)109-72(46(6)10-2)84(134)96-47(7)73(123)94-40-67(117)98-59(36-65(90)115)79(129)99-53(28-31-139-8)75(125)103-61(38-70(121)122)81(131)101-55(32-44(3)4)76(126)104-60(37-69(119)120)80(130)100-54(87(137)138)18-14-29-93-88(91)92/h11-13,16-17,20-27,44-47,53-64,71-72,111-114H,9-10,14-15,18-19,28-43,89H2,1-8H3,(H2,90,115)(H,94,123)(H,95,124)(H,96,134)(H,97,118)(H,98,117)(H,99,129)(H,100,130)(H,101,131)(H,102,128)(H,103,125)(H,104,126)(H,105,133)(H,106,127)(H,107,135)(H,108,116)(H,109,132)(H,119,120)(H,121,122)(H,137,138)(H4,91,92,93)/t45-,46-,47-,53-,54-,55-,56-,57-,58-,59-,60-,61-,62-,63-,64-,71-,72-/m0/s1. The smallest absolute Gasteiger partial charge is 0.326 e. The lowest BCUT2D eigenvalue weighted by molar-refractivity contribution is -0.144. The molecule has 0 radical (unpaired) electrons. The van der Waals surface area contributed by atoms with Crippen LogP contribution >= 0.6 is 11.8 Å². The summed E-state index contributed by atoms with van der Waals surface area (Å²) in [4.78, 5) is 287. The number of aliphatic hydroxyl groups is 2. The first-order valence-electron chi connectivity index (χ1n) is 44.8. The third kappa shape index (κ3) is 41.2. The predicted octanol–water partition coefficient (Wildman–Crippen LogP) is -7.84. The summed E-state index contributed by atoms with van der Waals surface area (Å²) in [6.07, 6.45) is -2.29. The van der Waals surface area contributed by atoms with Gasteiger partial charge in [-0.25, -0.2) is 4.79 Å². The molecular weight excluding hydrogens is 1850 g/mol. The molecule has 1 saturated heterocycles. The molecule has 0 bridgehead atoms. The van der Waals surface area contributed by atoms with Gasteiger partial charge in [-0.05, 0) is 116 Å². The molecule has 1 aliphatic rings. The lowest BCUT2D eigenvalue weighted by Gasteiger charge is -2.31. The Kier molecular flexibility index (Phi) is 50.1. The van der Waals surface area contributed by atoms with Gasteiger partial charge in [-0.3, -0.25) is 101 Å². The van der Waals surface area contributed by atoms with Crippen LogP contribution in [0.5, 0.6) is 11.5 Å². The fraction of sp³-hybridized carbons (Fsp3) is 0.545. The number of phenolic OH excluding ortho intramolecular Hbond substituents is 2. The maximum Gasteiger partial charge on any atom is 0.326 e. The van der Waals surface area contributed by atoms with Crippen molar-refractivity contribution in [2.45, 2.75) is 229 Å². The fourth-order valence-corrected chi connectivity index (χ4v) is 14.5. The first kappa shape index (κ1) is 117. The molecule has 51 heteroatoms. The molecule has 0 saturated carbocycles. The molecule has 4 rings (SSSR count). The van der Waals surface area contributed by atoms with E-state index in [1.54, 1.807) is 71.2 Å². The van der Waals surface area contributed by atoms with Crippen LogP contribution < -0.4 is 108 Å². The quantitative estimate of drug-likeness (QED) is 0.0142. The number of benzene rings is 3. The molecule has 0 aromatic heterocycles. The molecule has 766 valence electrons. The van der Waals surface area contributed by atoms with E-state index in [9.17, 15) is 136 Å². The van der Waals surface area contributed by atoms with Crippen LogP contribution in [0.15, 0.2) is 78.9 Å². The Morgan fingerprint density at radius 2 is 0.849 bits per heavy atom. The first-order valence-corrected chi connectivity index (χ1v) is 46.2. The topological polar surface area (TPSA) is 810 Å². The van der Waals surface area contributed by atoms with Crippen molar-refractivity contribution in [3.8, 4) is 11.5 Å². The van der Waals surface area contributed by atoms with E-state index in [2.05, 4.69) is 90.4 Å². The maximum absolute atomic E-state index is 14.8. The molecule has 3 aromatic carbocycles. The van der Waals surface area contributed by atoms with Gasteiger partial charge >= 0.3 is 17.9 Å². The van der Waals surface area contributed by atoms with Crippen LogP contribution in [-0.4, -0.2) is 319 Å². The van der Waals surface area contributed by atoms with Gasteiger partial charge in [0.1, 0.15) is 102 Å². The number of nitrogens with one attached hydrogen (secondary N) is 18. The summed E-state index contributed by atoms with van der Waals surface area (Å²) in [5.74, 6) is -26.3. The number of nitrogens with zero attached hydrogens (tertiary/aromatic N) is 1. The largest absolute Gasteiger partial charge is 0.508 e. The van der Waals surface area contributed by atoms with Gasteiger partial charge in [-0.1, -0.05) is 109 Å². The highest BCUT2D eigenvalue weighted by Gasteiger charge is 2.43. The third-order valence-electron chi connectivity index (χ3n) is 22.1. The number of carboxylic acid groups (broad SMARTS) is 3. The number of nitrogens with two attached hydrogens (primary N) is 3.